The van der Waals surface area contributed by atoms with Gasteiger partial charge < -0.3 is 15.4 Å². The summed E-state index contributed by atoms with van der Waals surface area (Å²) in [5.74, 6) is -3.53. The van der Waals surface area contributed by atoms with E-state index in [1.54, 1.807) is 18.2 Å². The first-order valence-corrected chi connectivity index (χ1v) is 16.4. The molecule has 1 aliphatic heterocycles. The molecule has 12 heteroatoms. The first kappa shape index (κ1) is 35.9. The summed E-state index contributed by atoms with van der Waals surface area (Å²) in [4.78, 5) is 53.4. The Kier molecular flexibility index (Phi) is 11.7. The van der Waals surface area contributed by atoms with Crippen molar-refractivity contribution in [2.24, 2.45) is 5.73 Å². The van der Waals surface area contributed by atoms with Crippen LogP contribution in [0.15, 0.2) is 42.5 Å². The fraction of sp³-hybridized carbons (Fsp3) is 0.543. The van der Waals surface area contributed by atoms with Crippen LogP contribution in [-0.2, 0) is 37.7 Å². The van der Waals surface area contributed by atoms with Gasteiger partial charge >= 0.3 is 12.3 Å². The van der Waals surface area contributed by atoms with Crippen molar-refractivity contribution in [3.63, 3.8) is 0 Å². The number of rotatable bonds is 16. The smallest absolute Gasteiger partial charge is 0.418 e. The molecule has 2 aromatic rings. The van der Waals surface area contributed by atoms with Crippen molar-refractivity contribution in [3.8, 4) is 0 Å². The van der Waals surface area contributed by atoms with Crippen LogP contribution in [0.4, 0.5) is 22.4 Å². The lowest BCUT2D eigenvalue weighted by atomic mass is 9.88. The maximum atomic E-state index is 13.7. The van der Waals surface area contributed by atoms with Gasteiger partial charge in [0.1, 0.15) is 18.4 Å². The highest BCUT2D eigenvalue weighted by molar-refractivity contribution is 6.06. The lowest BCUT2D eigenvalue weighted by Crippen LogP contribution is -2.51. The third-order valence-electron chi connectivity index (χ3n) is 9.30. The van der Waals surface area contributed by atoms with Crippen LogP contribution in [0.1, 0.15) is 106 Å². The van der Waals surface area contributed by atoms with Crippen molar-refractivity contribution in [1.29, 1.82) is 0 Å². The summed E-state index contributed by atoms with van der Waals surface area (Å²) in [6.45, 7) is 1.49. The Morgan fingerprint density at radius 1 is 1.00 bits per heavy atom. The largest absolute Gasteiger partial charge is 0.427 e. The Balaban J connectivity index is 1.46. The van der Waals surface area contributed by atoms with E-state index in [0.29, 0.717) is 39.3 Å². The van der Waals surface area contributed by atoms with Gasteiger partial charge in [-0.2, -0.15) is 13.2 Å². The Bertz CT molecular complexity index is 1450. The number of benzene rings is 2. The second kappa shape index (κ2) is 15.3. The van der Waals surface area contributed by atoms with Gasteiger partial charge in [0.25, 0.3) is 5.91 Å². The van der Waals surface area contributed by atoms with E-state index in [4.69, 9.17) is 10.5 Å². The van der Waals surface area contributed by atoms with Crippen molar-refractivity contribution in [1.82, 2.24) is 9.80 Å². The zero-order valence-corrected chi connectivity index (χ0v) is 26.9. The maximum Gasteiger partial charge on any atom is 0.418 e. The lowest BCUT2D eigenvalue weighted by molar-refractivity contribution is -0.187. The molecule has 3 atom stereocenters. The van der Waals surface area contributed by atoms with E-state index < -0.39 is 66.5 Å². The molecule has 2 aliphatic rings. The van der Waals surface area contributed by atoms with Crippen LogP contribution in [0.2, 0.25) is 0 Å². The van der Waals surface area contributed by atoms with E-state index >= 15 is 0 Å². The lowest BCUT2D eigenvalue weighted by Gasteiger charge is -2.31. The standard InChI is InChI=1S/C35H43F4N3O5/c1-3-4-5-6-7-8-9-10-11-28(31(40)44)25-14-17-29-26(20-25)18-19-34(29)32(45)42(33(46)47-34)22-30(43)41(23(2)35(37,38)39)21-24-12-15-27(36)16-13-24/h12-17,20,23,28H,3-11,18-19,21-22H2,1-2H3,(H2,40,44)/t23-,28?,34+/m0/s1. The van der Waals surface area contributed by atoms with Crippen LogP contribution in [-0.4, -0.2) is 52.4 Å². The number of imide groups is 1. The van der Waals surface area contributed by atoms with Crippen LogP contribution in [0.25, 0.3) is 0 Å². The minimum atomic E-state index is -4.80. The molecule has 2 aromatic carbocycles. The van der Waals surface area contributed by atoms with Crippen LogP contribution >= 0.6 is 0 Å². The summed E-state index contributed by atoms with van der Waals surface area (Å²) >= 11 is 0. The third-order valence-corrected chi connectivity index (χ3v) is 9.30. The molecule has 256 valence electrons. The maximum absolute atomic E-state index is 13.7. The molecule has 4 amide bonds. The minimum absolute atomic E-state index is 0.0819. The van der Waals surface area contributed by atoms with Gasteiger partial charge in [-0.3, -0.25) is 14.4 Å². The van der Waals surface area contributed by atoms with E-state index in [1.165, 1.54) is 37.8 Å². The Morgan fingerprint density at radius 2 is 1.64 bits per heavy atom. The first-order valence-electron chi connectivity index (χ1n) is 16.4. The number of carbonyl (C=O) groups is 4. The van der Waals surface area contributed by atoms with Crippen LogP contribution in [0, 0.1) is 5.82 Å². The van der Waals surface area contributed by atoms with Crippen LogP contribution < -0.4 is 5.73 Å². The number of alkyl halides is 3. The molecule has 0 saturated carbocycles. The molecular weight excluding hydrogens is 618 g/mol. The fourth-order valence-corrected chi connectivity index (χ4v) is 6.48. The van der Waals surface area contributed by atoms with E-state index in [2.05, 4.69) is 6.92 Å². The number of nitrogens with two attached hydrogens (primary N) is 1. The number of amides is 4. The predicted octanol–water partition coefficient (Wildman–Crippen LogP) is 7.03. The average molecular weight is 662 g/mol. The van der Waals surface area contributed by atoms with Gasteiger partial charge in [0, 0.05) is 18.5 Å². The quantitative estimate of drug-likeness (QED) is 0.154. The monoisotopic (exact) mass is 661 g/mol. The number of hydrogen-bond acceptors (Lipinski definition) is 5. The van der Waals surface area contributed by atoms with E-state index in [1.807, 2.05) is 0 Å². The first-order chi connectivity index (χ1) is 22.3. The Labute approximate surface area is 272 Å². The molecule has 0 aromatic heterocycles. The number of ether oxygens (including phenoxy) is 1. The number of unbranched alkanes of at least 4 members (excludes halogenated alkanes) is 7. The molecule has 1 saturated heterocycles. The molecular formula is C35H43F4N3O5. The summed E-state index contributed by atoms with van der Waals surface area (Å²) in [7, 11) is 0. The van der Waals surface area contributed by atoms with Crippen molar-refractivity contribution < 1.29 is 41.5 Å². The number of hydrogen-bond donors (Lipinski definition) is 1. The number of nitrogens with zero attached hydrogens (tertiary/aromatic N) is 2. The minimum Gasteiger partial charge on any atom is -0.427 e. The summed E-state index contributed by atoms with van der Waals surface area (Å²) in [6.07, 6.45) is 4.03. The summed E-state index contributed by atoms with van der Waals surface area (Å²) in [6, 6.07) is 7.50. The van der Waals surface area contributed by atoms with Gasteiger partial charge in [-0.15, -0.1) is 0 Å². The van der Waals surface area contributed by atoms with E-state index in [0.717, 1.165) is 44.7 Å². The summed E-state index contributed by atoms with van der Waals surface area (Å²) < 4.78 is 60.2. The van der Waals surface area contributed by atoms with Gasteiger partial charge in [-0.1, -0.05) is 88.6 Å². The number of aryl methyl sites for hydroxylation is 1. The zero-order valence-electron chi connectivity index (χ0n) is 26.9. The number of primary amides is 1. The highest BCUT2D eigenvalue weighted by atomic mass is 19.4. The molecule has 2 N–H and O–H groups in total. The van der Waals surface area contributed by atoms with Crippen molar-refractivity contribution >= 4 is 23.8 Å². The third kappa shape index (κ3) is 8.31. The molecule has 1 unspecified atom stereocenters. The number of carbonyl (C=O) groups excluding carboxylic acids is 4. The molecule has 1 fully saturated rings. The number of halogens is 4. The van der Waals surface area contributed by atoms with Gasteiger partial charge in [0.05, 0.1) is 5.92 Å². The predicted molar refractivity (Wildman–Crippen MR) is 166 cm³/mol. The van der Waals surface area contributed by atoms with Crippen LogP contribution in [0.5, 0.6) is 0 Å². The molecule has 1 heterocycles. The topological polar surface area (TPSA) is 110 Å². The molecule has 4 rings (SSSR count). The highest BCUT2D eigenvalue weighted by Crippen LogP contribution is 2.46. The SMILES string of the molecule is CCCCCCCCCCC(C(N)=O)c1ccc2c(c1)CC[C@@]21OC(=O)N(CC(=O)N(Cc2ccc(F)cc2)[C@@H](C)C(F)(F)F)C1=O. The summed E-state index contributed by atoms with van der Waals surface area (Å²) in [5, 5.41) is 0. The van der Waals surface area contributed by atoms with Gasteiger partial charge in [-0.25, -0.2) is 14.1 Å². The Morgan fingerprint density at radius 3 is 2.26 bits per heavy atom. The second-order valence-electron chi connectivity index (χ2n) is 12.6. The van der Waals surface area contributed by atoms with Gasteiger partial charge in [0.2, 0.25) is 17.4 Å². The highest BCUT2D eigenvalue weighted by Gasteiger charge is 2.58. The molecule has 8 nitrogen and oxygen atoms in total. The second-order valence-corrected chi connectivity index (χ2v) is 12.6. The summed E-state index contributed by atoms with van der Waals surface area (Å²) in [5.41, 5.74) is 6.10. The Hall–Kier alpha value is -3.96. The zero-order chi connectivity index (χ0) is 34.4. The molecule has 0 radical (unpaired) electrons. The molecule has 1 aliphatic carbocycles. The van der Waals surface area contributed by atoms with Crippen molar-refractivity contribution in [2.45, 2.75) is 115 Å². The fourth-order valence-electron chi connectivity index (χ4n) is 6.48. The van der Waals surface area contributed by atoms with Crippen LogP contribution in [0.3, 0.4) is 0 Å². The molecule has 0 bridgehead atoms. The van der Waals surface area contributed by atoms with E-state index in [9.17, 15) is 36.7 Å². The van der Waals surface area contributed by atoms with Crippen molar-refractivity contribution in [2.75, 3.05) is 6.54 Å². The molecule has 47 heavy (non-hydrogen) atoms. The number of fused-ring (bicyclic) bond motifs is 2. The normalized spacial score (nSPS) is 18.7. The average Bonchev–Trinajstić information content (AvgIpc) is 3.50. The van der Waals surface area contributed by atoms with Crippen molar-refractivity contribution in [3.05, 3.63) is 70.5 Å². The van der Waals surface area contributed by atoms with Gasteiger partial charge in [0.15, 0.2) is 0 Å². The van der Waals surface area contributed by atoms with Gasteiger partial charge in [-0.05, 0) is 48.6 Å². The molecule has 1 spiro atoms. The van der Waals surface area contributed by atoms with E-state index in [-0.39, 0.29) is 12.0 Å².